The molecule has 1 rings (SSSR count). The number of nitrogens with zero attached hydrogens (tertiary/aromatic N) is 2. The van der Waals surface area contributed by atoms with Crippen LogP contribution in [0.5, 0.6) is 0 Å². The van der Waals surface area contributed by atoms with Crippen molar-refractivity contribution in [2.45, 2.75) is 46.0 Å². The number of likely N-dealkylation sites (tertiary alicyclic amines) is 1. The standard InChI is InChI=1S/C18H36N4O3.HI/c1-3-5-13-24-15-16-25-14-10-21-18(19-4-2)20-9-7-12-22-11-6-8-17(22)23;/h3-16H2,1-2H3,(H2,19,20,21);1H. The number of hydrogen-bond acceptors (Lipinski definition) is 4. The fraction of sp³-hybridized carbons (Fsp3) is 0.889. The van der Waals surface area contributed by atoms with Crippen LogP contribution < -0.4 is 10.6 Å². The Bertz CT molecular complexity index is 383. The Hall–Kier alpha value is -0.610. The molecule has 1 saturated heterocycles. The third-order valence-electron chi connectivity index (χ3n) is 3.92. The van der Waals surface area contributed by atoms with E-state index in [0.29, 0.717) is 39.3 Å². The van der Waals surface area contributed by atoms with Gasteiger partial charge in [0.05, 0.1) is 19.8 Å². The zero-order valence-corrected chi connectivity index (χ0v) is 18.8. The molecule has 8 heteroatoms. The quantitative estimate of drug-likeness (QED) is 0.171. The minimum absolute atomic E-state index is 0. The molecule has 0 spiro atoms. The summed E-state index contributed by atoms with van der Waals surface area (Å²) < 4.78 is 11.0. The Morgan fingerprint density at radius 2 is 1.88 bits per heavy atom. The van der Waals surface area contributed by atoms with Crippen LogP contribution in [-0.2, 0) is 14.3 Å². The molecular formula is C18H37IN4O3. The van der Waals surface area contributed by atoms with E-state index in [1.807, 2.05) is 11.8 Å². The molecule has 0 aromatic carbocycles. The van der Waals surface area contributed by atoms with E-state index in [4.69, 9.17) is 9.47 Å². The lowest BCUT2D eigenvalue weighted by Crippen LogP contribution is -2.39. The number of unbranched alkanes of at least 4 members (excludes halogenated alkanes) is 1. The predicted octanol–water partition coefficient (Wildman–Crippen LogP) is 2.01. The maximum atomic E-state index is 11.5. The molecule has 0 aromatic heterocycles. The van der Waals surface area contributed by atoms with Gasteiger partial charge in [0, 0.05) is 45.8 Å². The monoisotopic (exact) mass is 484 g/mol. The van der Waals surface area contributed by atoms with E-state index in [9.17, 15) is 4.79 Å². The first-order chi connectivity index (χ1) is 12.3. The number of hydrogen-bond donors (Lipinski definition) is 2. The van der Waals surface area contributed by atoms with Gasteiger partial charge in [-0.3, -0.25) is 9.79 Å². The van der Waals surface area contributed by atoms with Crippen LogP contribution in [-0.4, -0.2) is 75.9 Å². The van der Waals surface area contributed by atoms with Crippen LogP contribution in [0.25, 0.3) is 0 Å². The van der Waals surface area contributed by atoms with Crippen molar-refractivity contribution in [2.75, 3.05) is 59.2 Å². The predicted molar refractivity (Wildman–Crippen MR) is 116 cm³/mol. The van der Waals surface area contributed by atoms with Crippen LogP contribution in [0.15, 0.2) is 4.99 Å². The summed E-state index contributed by atoms with van der Waals surface area (Å²) in [6.07, 6.45) is 4.86. The Morgan fingerprint density at radius 1 is 1.12 bits per heavy atom. The second kappa shape index (κ2) is 17.8. The zero-order valence-electron chi connectivity index (χ0n) is 16.4. The van der Waals surface area contributed by atoms with E-state index in [1.54, 1.807) is 0 Å². The number of amides is 1. The first-order valence-electron chi connectivity index (χ1n) is 9.73. The number of rotatable bonds is 14. The van der Waals surface area contributed by atoms with Crippen molar-refractivity contribution in [1.29, 1.82) is 0 Å². The highest BCUT2D eigenvalue weighted by atomic mass is 127. The second-order valence-electron chi connectivity index (χ2n) is 6.10. The molecule has 0 bridgehead atoms. The Labute approximate surface area is 175 Å². The Balaban J connectivity index is 0.00000625. The average Bonchev–Trinajstić information content (AvgIpc) is 3.02. The molecule has 1 fully saturated rings. The third kappa shape index (κ3) is 12.7. The number of aliphatic imine (C=N–C) groups is 1. The van der Waals surface area contributed by atoms with Gasteiger partial charge in [-0.1, -0.05) is 13.3 Å². The van der Waals surface area contributed by atoms with Crippen LogP contribution in [0.1, 0.15) is 46.0 Å². The van der Waals surface area contributed by atoms with Crippen LogP contribution in [0.3, 0.4) is 0 Å². The van der Waals surface area contributed by atoms with E-state index in [1.165, 1.54) is 0 Å². The summed E-state index contributed by atoms with van der Waals surface area (Å²) in [5, 5.41) is 6.48. The van der Waals surface area contributed by atoms with Crippen LogP contribution in [0.2, 0.25) is 0 Å². The SMILES string of the molecule is CCCCOCCOCCNC(=NCCCN1CCCC1=O)NCC.I. The molecule has 2 N–H and O–H groups in total. The van der Waals surface area contributed by atoms with E-state index < -0.39 is 0 Å². The summed E-state index contributed by atoms with van der Waals surface area (Å²) in [6, 6.07) is 0. The van der Waals surface area contributed by atoms with Crippen LogP contribution in [0.4, 0.5) is 0 Å². The van der Waals surface area contributed by atoms with Crippen molar-refractivity contribution in [3.05, 3.63) is 0 Å². The van der Waals surface area contributed by atoms with Crippen molar-refractivity contribution in [3.63, 3.8) is 0 Å². The van der Waals surface area contributed by atoms with Gasteiger partial charge >= 0.3 is 0 Å². The Kier molecular flexibility index (Phi) is 17.4. The lowest BCUT2D eigenvalue weighted by atomic mass is 10.4. The van der Waals surface area contributed by atoms with E-state index >= 15 is 0 Å². The number of carbonyl (C=O) groups is 1. The molecule has 154 valence electrons. The summed E-state index contributed by atoms with van der Waals surface area (Å²) in [7, 11) is 0. The highest BCUT2D eigenvalue weighted by Gasteiger charge is 2.18. The second-order valence-corrected chi connectivity index (χ2v) is 6.10. The molecule has 0 aromatic rings. The van der Waals surface area contributed by atoms with Crippen molar-refractivity contribution < 1.29 is 14.3 Å². The third-order valence-corrected chi connectivity index (χ3v) is 3.92. The molecule has 7 nitrogen and oxygen atoms in total. The molecule has 0 saturated carbocycles. The fourth-order valence-electron chi connectivity index (χ4n) is 2.54. The fourth-order valence-corrected chi connectivity index (χ4v) is 2.54. The molecule has 1 amide bonds. The smallest absolute Gasteiger partial charge is 0.222 e. The largest absolute Gasteiger partial charge is 0.379 e. The summed E-state index contributed by atoms with van der Waals surface area (Å²) in [6.45, 7) is 10.9. The molecular weight excluding hydrogens is 447 g/mol. The number of carbonyl (C=O) groups excluding carboxylic acids is 1. The minimum Gasteiger partial charge on any atom is -0.379 e. The first kappa shape index (κ1) is 25.4. The molecule has 0 atom stereocenters. The van der Waals surface area contributed by atoms with E-state index in [-0.39, 0.29) is 29.9 Å². The first-order valence-corrected chi connectivity index (χ1v) is 9.73. The molecule has 1 heterocycles. The highest BCUT2D eigenvalue weighted by Crippen LogP contribution is 2.09. The van der Waals surface area contributed by atoms with Gasteiger partial charge in [0.25, 0.3) is 0 Å². The van der Waals surface area contributed by atoms with Crippen molar-refractivity contribution in [3.8, 4) is 0 Å². The zero-order chi connectivity index (χ0) is 18.2. The number of nitrogens with one attached hydrogen (secondary N) is 2. The molecule has 26 heavy (non-hydrogen) atoms. The van der Waals surface area contributed by atoms with Gasteiger partial charge in [-0.2, -0.15) is 0 Å². The number of halogens is 1. The van der Waals surface area contributed by atoms with Gasteiger partial charge in [0.15, 0.2) is 5.96 Å². The van der Waals surface area contributed by atoms with Gasteiger partial charge in [-0.05, 0) is 26.2 Å². The highest BCUT2D eigenvalue weighted by molar-refractivity contribution is 14.0. The average molecular weight is 484 g/mol. The summed E-state index contributed by atoms with van der Waals surface area (Å²) in [4.78, 5) is 18.0. The lowest BCUT2D eigenvalue weighted by molar-refractivity contribution is -0.127. The van der Waals surface area contributed by atoms with Gasteiger partial charge in [-0.15, -0.1) is 24.0 Å². The van der Waals surface area contributed by atoms with Gasteiger partial charge in [-0.25, -0.2) is 0 Å². The summed E-state index contributed by atoms with van der Waals surface area (Å²) in [5.74, 6) is 1.09. The maximum Gasteiger partial charge on any atom is 0.222 e. The van der Waals surface area contributed by atoms with E-state index in [0.717, 1.165) is 57.9 Å². The maximum absolute atomic E-state index is 11.5. The molecule has 0 radical (unpaired) electrons. The van der Waals surface area contributed by atoms with Crippen LogP contribution in [0, 0.1) is 0 Å². The molecule has 0 unspecified atom stereocenters. The summed E-state index contributed by atoms with van der Waals surface area (Å²) >= 11 is 0. The van der Waals surface area contributed by atoms with Crippen LogP contribution >= 0.6 is 24.0 Å². The topological polar surface area (TPSA) is 75.2 Å². The van der Waals surface area contributed by atoms with Crippen molar-refractivity contribution in [1.82, 2.24) is 15.5 Å². The number of guanidine groups is 1. The molecule has 1 aliphatic rings. The number of ether oxygens (including phenoxy) is 2. The van der Waals surface area contributed by atoms with Crippen molar-refractivity contribution in [2.24, 2.45) is 4.99 Å². The lowest BCUT2D eigenvalue weighted by Gasteiger charge is -2.15. The van der Waals surface area contributed by atoms with Gasteiger partial charge < -0.3 is 25.0 Å². The van der Waals surface area contributed by atoms with E-state index in [2.05, 4.69) is 22.5 Å². The minimum atomic E-state index is 0. The van der Waals surface area contributed by atoms with Gasteiger partial charge in [0.2, 0.25) is 5.91 Å². The normalized spacial score (nSPS) is 14.5. The molecule has 1 aliphatic heterocycles. The Morgan fingerprint density at radius 3 is 2.54 bits per heavy atom. The molecule has 0 aliphatic carbocycles. The summed E-state index contributed by atoms with van der Waals surface area (Å²) in [5.41, 5.74) is 0. The van der Waals surface area contributed by atoms with Gasteiger partial charge in [0.1, 0.15) is 0 Å². The van der Waals surface area contributed by atoms with Crippen molar-refractivity contribution >= 4 is 35.8 Å².